The Morgan fingerprint density at radius 3 is 2.53 bits per heavy atom. The van der Waals surface area contributed by atoms with Gasteiger partial charge in [-0.25, -0.2) is 10.5 Å². The molecule has 0 heterocycles. The van der Waals surface area contributed by atoms with E-state index >= 15 is 0 Å². The average molecular weight is 269 g/mol. The molecule has 0 aromatic carbocycles. The van der Waals surface area contributed by atoms with Gasteiger partial charge in [0, 0.05) is 12.8 Å². The van der Waals surface area contributed by atoms with E-state index in [9.17, 15) is 4.79 Å². The summed E-state index contributed by atoms with van der Waals surface area (Å²) in [5.74, 6) is 0.766. The lowest BCUT2D eigenvalue weighted by Gasteiger charge is -2.17. The van der Waals surface area contributed by atoms with Crippen LogP contribution in [0.4, 0.5) is 0 Å². The molecule has 0 aliphatic rings. The molecule has 2 unspecified atom stereocenters. The topological polar surface area (TPSA) is 62.7 Å². The molecule has 0 radical (unpaired) electrons. The van der Waals surface area contributed by atoms with Crippen LogP contribution in [0, 0.1) is 0 Å². The summed E-state index contributed by atoms with van der Waals surface area (Å²) in [5.41, 5.74) is 3.62. The molecular formula is C14H27N3O2. The number of nitrogens with one attached hydrogen (secondary N) is 2. The van der Waals surface area contributed by atoms with Crippen molar-refractivity contribution >= 4 is 12.0 Å². The number of hydroxylamine groups is 1. The predicted molar refractivity (Wildman–Crippen MR) is 79.0 cm³/mol. The van der Waals surface area contributed by atoms with E-state index in [0.29, 0.717) is 6.42 Å². The van der Waals surface area contributed by atoms with Crippen LogP contribution in [0.15, 0.2) is 16.9 Å². The molecule has 0 aromatic heterocycles. The minimum Gasteiger partial charge on any atom is -0.361 e. The molecule has 0 aromatic rings. The molecule has 0 saturated carbocycles. The van der Waals surface area contributed by atoms with Gasteiger partial charge in [0.15, 0.2) is 0 Å². The van der Waals surface area contributed by atoms with Crippen LogP contribution in [-0.4, -0.2) is 31.2 Å². The van der Waals surface area contributed by atoms with Crippen molar-refractivity contribution in [3.8, 4) is 0 Å². The van der Waals surface area contributed by atoms with Gasteiger partial charge in [0.05, 0.1) is 12.1 Å². The van der Waals surface area contributed by atoms with E-state index in [4.69, 9.17) is 4.84 Å². The maximum atomic E-state index is 11.1. The van der Waals surface area contributed by atoms with Crippen LogP contribution in [0.1, 0.15) is 47.0 Å². The fourth-order valence-electron chi connectivity index (χ4n) is 1.61. The summed E-state index contributed by atoms with van der Waals surface area (Å²) in [6, 6.07) is -0.233. The number of carbonyl (C=O) groups excluding carboxylic acids is 1. The fourth-order valence-corrected chi connectivity index (χ4v) is 1.61. The van der Waals surface area contributed by atoms with Crippen molar-refractivity contribution < 1.29 is 9.63 Å². The van der Waals surface area contributed by atoms with Crippen molar-refractivity contribution in [2.24, 2.45) is 4.99 Å². The van der Waals surface area contributed by atoms with Gasteiger partial charge < -0.3 is 10.1 Å². The summed E-state index contributed by atoms with van der Waals surface area (Å²) >= 11 is 0. The van der Waals surface area contributed by atoms with Gasteiger partial charge in [0.2, 0.25) is 0 Å². The zero-order valence-corrected chi connectivity index (χ0v) is 12.7. The van der Waals surface area contributed by atoms with Crippen LogP contribution in [0.5, 0.6) is 0 Å². The molecule has 19 heavy (non-hydrogen) atoms. The molecule has 0 aliphatic heterocycles. The summed E-state index contributed by atoms with van der Waals surface area (Å²) in [7, 11) is 1.73. The Hall–Kier alpha value is -1.20. The fraction of sp³-hybridized carbons (Fsp3) is 0.714. The minimum absolute atomic E-state index is 0.0734. The lowest BCUT2D eigenvalue weighted by atomic mass is 10.1. The summed E-state index contributed by atoms with van der Waals surface area (Å²) in [5, 5.41) is 3.16. The molecule has 5 heteroatoms. The van der Waals surface area contributed by atoms with Gasteiger partial charge in [-0.15, -0.1) is 0 Å². The van der Waals surface area contributed by atoms with Gasteiger partial charge in [0.25, 0.3) is 0 Å². The van der Waals surface area contributed by atoms with Crippen molar-refractivity contribution in [2.75, 3.05) is 7.05 Å². The van der Waals surface area contributed by atoms with Crippen molar-refractivity contribution in [1.82, 2.24) is 10.8 Å². The second kappa shape index (κ2) is 10.7. The van der Waals surface area contributed by atoms with E-state index in [1.54, 1.807) is 7.05 Å². The number of rotatable bonds is 10. The van der Waals surface area contributed by atoms with Gasteiger partial charge in [0.1, 0.15) is 12.1 Å². The number of aliphatic imine (C=N–C) groups is 1. The minimum atomic E-state index is -0.233. The predicted octanol–water partition coefficient (Wildman–Crippen LogP) is 2.20. The number of hydrogen-bond donors (Lipinski definition) is 2. The van der Waals surface area contributed by atoms with Gasteiger partial charge in [-0.2, -0.15) is 0 Å². The third-order valence-electron chi connectivity index (χ3n) is 2.44. The van der Waals surface area contributed by atoms with Crippen LogP contribution in [0.3, 0.4) is 0 Å². The van der Waals surface area contributed by atoms with Crippen LogP contribution >= 0.6 is 0 Å². The maximum Gasteiger partial charge on any atom is 0.142 e. The van der Waals surface area contributed by atoms with Crippen LogP contribution in [0.2, 0.25) is 0 Å². The Kier molecular flexibility index (Phi) is 10.0. The summed E-state index contributed by atoms with van der Waals surface area (Å²) < 4.78 is 0. The zero-order chi connectivity index (χ0) is 14.7. The Morgan fingerprint density at radius 2 is 2.05 bits per heavy atom. The zero-order valence-electron chi connectivity index (χ0n) is 12.7. The molecule has 0 fully saturated rings. The molecule has 0 spiro atoms. The van der Waals surface area contributed by atoms with E-state index in [0.717, 1.165) is 30.7 Å². The highest BCUT2D eigenvalue weighted by atomic mass is 16.7. The highest BCUT2D eigenvalue weighted by Crippen LogP contribution is 2.06. The normalized spacial score (nSPS) is 14.7. The van der Waals surface area contributed by atoms with Crippen molar-refractivity contribution in [3.63, 3.8) is 0 Å². The van der Waals surface area contributed by atoms with Crippen molar-refractivity contribution in [1.29, 1.82) is 0 Å². The quantitative estimate of drug-likeness (QED) is 0.362. The Morgan fingerprint density at radius 1 is 1.37 bits per heavy atom. The van der Waals surface area contributed by atoms with Crippen LogP contribution < -0.4 is 10.8 Å². The Balaban J connectivity index is 4.40. The smallest absolute Gasteiger partial charge is 0.142 e. The van der Waals surface area contributed by atoms with Crippen molar-refractivity contribution in [3.05, 3.63) is 11.9 Å². The average Bonchev–Trinajstić information content (AvgIpc) is 2.34. The number of nitrogens with zero attached hydrogens (tertiary/aromatic N) is 1. The number of carbonyl (C=O) groups is 1. The standard InChI is InChI=1S/C14H27N3O2/c1-6-7-14(16-11(2)3)17-13(10-18)9-8-12(4)19-15-5/h7,10,12-13,15,17H,6,8-9H2,1-5H3/b14-7+. The third kappa shape index (κ3) is 9.39. The molecule has 110 valence electrons. The van der Waals surface area contributed by atoms with E-state index < -0.39 is 0 Å². The van der Waals surface area contributed by atoms with Gasteiger partial charge in [-0.3, -0.25) is 4.84 Å². The lowest BCUT2D eigenvalue weighted by molar-refractivity contribution is -0.109. The number of hydrogen-bond acceptors (Lipinski definition) is 5. The lowest BCUT2D eigenvalue weighted by Crippen LogP contribution is -2.31. The molecule has 5 nitrogen and oxygen atoms in total. The molecule has 0 saturated heterocycles. The Bertz CT molecular complexity index is 310. The first-order valence-electron chi connectivity index (χ1n) is 6.79. The van der Waals surface area contributed by atoms with Gasteiger partial charge in [-0.05, 0) is 46.1 Å². The maximum absolute atomic E-state index is 11.1. The molecule has 0 rings (SSSR count). The molecule has 0 amide bonds. The van der Waals surface area contributed by atoms with Crippen molar-refractivity contribution in [2.45, 2.75) is 59.1 Å². The SMILES string of the molecule is CC/C=C(\N=C(C)C)NC(C=O)CCC(C)ONC. The highest BCUT2D eigenvalue weighted by molar-refractivity contribution is 5.80. The molecular weight excluding hydrogens is 242 g/mol. The summed E-state index contributed by atoms with van der Waals surface area (Å²) in [6.07, 6.45) is 5.37. The monoisotopic (exact) mass is 269 g/mol. The van der Waals surface area contributed by atoms with E-state index in [2.05, 4.69) is 15.8 Å². The second-order valence-electron chi connectivity index (χ2n) is 4.65. The molecule has 0 aliphatic carbocycles. The van der Waals surface area contributed by atoms with E-state index in [1.807, 2.05) is 33.8 Å². The highest BCUT2D eigenvalue weighted by Gasteiger charge is 2.11. The number of aldehydes is 1. The van der Waals surface area contributed by atoms with Gasteiger partial charge >= 0.3 is 0 Å². The second-order valence-corrected chi connectivity index (χ2v) is 4.65. The van der Waals surface area contributed by atoms with E-state index in [1.165, 1.54) is 0 Å². The summed E-state index contributed by atoms with van der Waals surface area (Å²) in [4.78, 5) is 20.7. The molecule has 0 bridgehead atoms. The first kappa shape index (κ1) is 17.8. The van der Waals surface area contributed by atoms with Crippen LogP contribution in [-0.2, 0) is 9.63 Å². The third-order valence-corrected chi connectivity index (χ3v) is 2.44. The first-order valence-corrected chi connectivity index (χ1v) is 6.79. The summed E-state index contributed by atoms with van der Waals surface area (Å²) in [6.45, 7) is 7.88. The molecule has 2 atom stereocenters. The number of allylic oxidation sites excluding steroid dienone is 1. The van der Waals surface area contributed by atoms with E-state index in [-0.39, 0.29) is 12.1 Å². The Labute approximate surface area is 116 Å². The van der Waals surface area contributed by atoms with Gasteiger partial charge in [-0.1, -0.05) is 6.92 Å². The van der Waals surface area contributed by atoms with Crippen LogP contribution in [0.25, 0.3) is 0 Å². The largest absolute Gasteiger partial charge is 0.361 e. The first-order chi connectivity index (χ1) is 9.03. The molecule has 2 N–H and O–H groups in total.